The second-order valence-corrected chi connectivity index (χ2v) is 5.75. The molecule has 0 bridgehead atoms. The van der Waals surface area contributed by atoms with Gasteiger partial charge in [-0.15, -0.1) is 0 Å². The molecule has 1 atom stereocenters. The fraction of sp³-hybridized carbons (Fsp3) is 0.706. The molecule has 3 nitrogen and oxygen atoms in total. The van der Waals surface area contributed by atoms with Crippen LogP contribution in [0.4, 0.5) is 5.82 Å². The van der Waals surface area contributed by atoms with Crippen LogP contribution < -0.4 is 10.2 Å². The number of hydrogen-bond donors (Lipinski definition) is 1. The van der Waals surface area contributed by atoms with Crippen molar-refractivity contribution in [2.24, 2.45) is 5.92 Å². The molecule has 1 aromatic rings. The monoisotopic (exact) mass is 277 g/mol. The Morgan fingerprint density at radius 1 is 1.25 bits per heavy atom. The largest absolute Gasteiger partial charge is 0.359 e. The molecule has 0 fully saturated rings. The van der Waals surface area contributed by atoms with Gasteiger partial charge < -0.3 is 10.2 Å². The molecule has 1 rings (SSSR count). The summed E-state index contributed by atoms with van der Waals surface area (Å²) >= 11 is 0. The van der Waals surface area contributed by atoms with Crippen LogP contribution in [0.5, 0.6) is 0 Å². The molecular weight excluding hydrogens is 246 g/mol. The van der Waals surface area contributed by atoms with Gasteiger partial charge in [0.05, 0.1) is 0 Å². The first-order valence-electron chi connectivity index (χ1n) is 8.02. The smallest absolute Gasteiger partial charge is 0.128 e. The second-order valence-electron chi connectivity index (χ2n) is 5.75. The minimum Gasteiger partial charge on any atom is -0.359 e. The highest BCUT2D eigenvalue weighted by molar-refractivity contribution is 5.42. The number of nitrogens with one attached hydrogen (secondary N) is 1. The zero-order chi connectivity index (χ0) is 15.0. The maximum Gasteiger partial charge on any atom is 0.128 e. The van der Waals surface area contributed by atoms with Crippen molar-refractivity contribution in [1.82, 2.24) is 10.3 Å². The van der Waals surface area contributed by atoms with Crippen LogP contribution in [0.2, 0.25) is 0 Å². The number of rotatable bonds is 9. The average Bonchev–Trinajstić information content (AvgIpc) is 2.46. The number of nitrogens with zero attached hydrogens (tertiary/aromatic N) is 2. The van der Waals surface area contributed by atoms with Crippen molar-refractivity contribution in [2.75, 3.05) is 25.0 Å². The number of hydrogen-bond acceptors (Lipinski definition) is 3. The molecule has 0 saturated heterocycles. The van der Waals surface area contributed by atoms with Crippen molar-refractivity contribution in [1.29, 1.82) is 0 Å². The summed E-state index contributed by atoms with van der Waals surface area (Å²) < 4.78 is 0. The predicted octanol–water partition coefficient (Wildman–Crippen LogP) is 3.63. The minimum atomic E-state index is 0.703. The van der Waals surface area contributed by atoms with Gasteiger partial charge in [0.15, 0.2) is 0 Å². The lowest BCUT2D eigenvalue weighted by atomic mass is 10.1. The molecule has 114 valence electrons. The molecule has 0 spiro atoms. The lowest BCUT2D eigenvalue weighted by molar-refractivity contribution is 0.557. The van der Waals surface area contributed by atoms with Gasteiger partial charge in [0, 0.05) is 25.8 Å². The van der Waals surface area contributed by atoms with E-state index in [0.717, 1.165) is 31.9 Å². The van der Waals surface area contributed by atoms with E-state index in [4.69, 9.17) is 4.98 Å². The molecule has 20 heavy (non-hydrogen) atoms. The van der Waals surface area contributed by atoms with Crippen molar-refractivity contribution in [3.63, 3.8) is 0 Å². The molecule has 1 unspecified atom stereocenters. The van der Waals surface area contributed by atoms with Gasteiger partial charge in [-0.05, 0) is 43.0 Å². The van der Waals surface area contributed by atoms with Crippen LogP contribution in [0.15, 0.2) is 12.1 Å². The Morgan fingerprint density at radius 2 is 2.00 bits per heavy atom. The van der Waals surface area contributed by atoms with Gasteiger partial charge in [-0.3, -0.25) is 0 Å². The third-order valence-corrected chi connectivity index (χ3v) is 3.72. The Labute approximate surface area is 124 Å². The highest BCUT2D eigenvalue weighted by atomic mass is 15.2. The summed E-state index contributed by atoms with van der Waals surface area (Å²) in [6, 6.07) is 4.45. The molecule has 0 amide bonds. The van der Waals surface area contributed by atoms with E-state index in [0.29, 0.717) is 5.92 Å². The highest BCUT2D eigenvalue weighted by Crippen LogP contribution is 2.16. The van der Waals surface area contributed by atoms with Gasteiger partial charge in [-0.2, -0.15) is 0 Å². The molecule has 0 aliphatic carbocycles. The summed E-state index contributed by atoms with van der Waals surface area (Å²) in [7, 11) is 2.15. The Morgan fingerprint density at radius 3 is 2.60 bits per heavy atom. The lowest BCUT2D eigenvalue weighted by Gasteiger charge is -2.23. The zero-order valence-corrected chi connectivity index (χ0v) is 13.9. The first-order chi connectivity index (χ1) is 9.60. The molecule has 1 heterocycles. The van der Waals surface area contributed by atoms with Crippen LogP contribution in [0, 0.1) is 5.92 Å². The number of aryl methyl sites for hydroxylation is 1. The number of pyridine rings is 1. The van der Waals surface area contributed by atoms with Crippen molar-refractivity contribution in [2.45, 2.75) is 53.5 Å². The van der Waals surface area contributed by atoms with Crippen LogP contribution in [0.3, 0.4) is 0 Å². The van der Waals surface area contributed by atoms with E-state index in [9.17, 15) is 0 Å². The Bertz CT molecular complexity index is 390. The van der Waals surface area contributed by atoms with Crippen LogP contribution in [-0.4, -0.2) is 25.1 Å². The molecule has 0 radical (unpaired) electrons. The predicted molar refractivity (Wildman–Crippen MR) is 88.3 cm³/mol. The van der Waals surface area contributed by atoms with Crippen molar-refractivity contribution >= 4 is 5.82 Å². The van der Waals surface area contributed by atoms with Gasteiger partial charge in [-0.1, -0.05) is 34.1 Å². The summed E-state index contributed by atoms with van der Waals surface area (Å²) in [6.07, 6.45) is 3.38. The Hall–Kier alpha value is -1.09. The van der Waals surface area contributed by atoms with E-state index in [-0.39, 0.29) is 0 Å². The Kier molecular flexibility index (Phi) is 7.60. The van der Waals surface area contributed by atoms with Gasteiger partial charge in [0.1, 0.15) is 5.82 Å². The fourth-order valence-corrected chi connectivity index (χ4v) is 2.21. The van der Waals surface area contributed by atoms with Crippen LogP contribution in [0.1, 0.15) is 51.8 Å². The van der Waals surface area contributed by atoms with Gasteiger partial charge in [0.25, 0.3) is 0 Å². The molecule has 0 aromatic carbocycles. The van der Waals surface area contributed by atoms with Crippen molar-refractivity contribution in [3.05, 3.63) is 23.4 Å². The molecule has 0 saturated carbocycles. The molecule has 0 aliphatic rings. The molecule has 1 N–H and O–H groups in total. The molecule has 1 aromatic heterocycles. The maximum atomic E-state index is 4.77. The second kappa shape index (κ2) is 8.96. The minimum absolute atomic E-state index is 0.703. The van der Waals surface area contributed by atoms with Crippen LogP contribution in [0.25, 0.3) is 0 Å². The van der Waals surface area contributed by atoms with Gasteiger partial charge >= 0.3 is 0 Å². The van der Waals surface area contributed by atoms with E-state index in [1.807, 2.05) is 0 Å². The Balaban J connectivity index is 2.80. The standard InChI is InChI=1S/C17H31N3/c1-6-9-18-12-15-10-16(8-3)19-17(11-15)20(5)13-14(4)7-2/h10-11,14,18H,6-9,12-13H2,1-5H3. The average molecular weight is 277 g/mol. The SMILES string of the molecule is CCCNCc1cc(CC)nc(N(C)CC(C)CC)c1. The fourth-order valence-electron chi connectivity index (χ4n) is 2.21. The molecular formula is C17H31N3. The van der Waals surface area contributed by atoms with E-state index < -0.39 is 0 Å². The normalized spacial score (nSPS) is 12.4. The van der Waals surface area contributed by atoms with Crippen LogP contribution >= 0.6 is 0 Å². The highest BCUT2D eigenvalue weighted by Gasteiger charge is 2.09. The molecule has 3 heteroatoms. The van der Waals surface area contributed by atoms with E-state index in [1.165, 1.54) is 24.1 Å². The lowest BCUT2D eigenvalue weighted by Crippen LogP contribution is -2.25. The summed E-state index contributed by atoms with van der Waals surface area (Å²) in [5.41, 5.74) is 2.53. The summed E-state index contributed by atoms with van der Waals surface area (Å²) in [5, 5.41) is 3.47. The maximum absolute atomic E-state index is 4.77. The molecule has 0 aliphatic heterocycles. The third kappa shape index (κ3) is 5.49. The zero-order valence-electron chi connectivity index (χ0n) is 13.9. The number of aromatic nitrogens is 1. The van der Waals surface area contributed by atoms with Crippen molar-refractivity contribution < 1.29 is 0 Å². The third-order valence-electron chi connectivity index (χ3n) is 3.72. The van der Waals surface area contributed by atoms with Gasteiger partial charge in [-0.25, -0.2) is 4.98 Å². The van der Waals surface area contributed by atoms with E-state index in [1.54, 1.807) is 0 Å². The van der Waals surface area contributed by atoms with Crippen molar-refractivity contribution in [3.8, 4) is 0 Å². The summed E-state index contributed by atoms with van der Waals surface area (Å²) in [5.74, 6) is 1.81. The first kappa shape index (κ1) is 17.0. The number of anilines is 1. The quantitative estimate of drug-likeness (QED) is 0.699. The summed E-state index contributed by atoms with van der Waals surface area (Å²) in [4.78, 5) is 7.05. The van der Waals surface area contributed by atoms with E-state index in [2.05, 4.69) is 57.1 Å². The first-order valence-corrected chi connectivity index (χ1v) is 8.02. The summed E-state index contributed by atoms with van der Waals surface area (Å²) in [6.45, 7) is 12.0. The van der Waals surface area contributed by atoms with Crippen LogP contribution in [-0.2, 0) is 13.0 Å². The van der Waals surface area contributed by atoms with Gasteiger partial charge in [0.2, 0.25) is 0 Å². The topological polar surface area (TPSA) is 28.2 Å². The van der Waals surface area contributed by atoms with E-state index >= 15 is 0 Å².